The van der Waals surface area contributed by atoms with Gasteiger partial charge in [-0.1, -0.05) is 226 Å². The molecule has 8 aromatic rings. The molecule has 1 heterocycles. The molecule has 445 valence electrons. The van der Waals surface area contributed by atoms with Crippen molar-refractivity contribution in [1.82, 2.24) is 9.80 Å². The summed E-state index contributed by atoms with van der Waals surface area (Å²) in [5.74, 6) is 1.45. The predicted octanol–water partition coefficient (Wildman–Crippen LogP) is 10.2. The number of fused-ring (bicyclic) bond motifs is 1. The summed E-state index contributed by atoms with van der Waals surface area (Å²) in [6, 6.07) is 75.7. The van der Waals surface area contributed by atoms with Crippen molar-refractivity contribution >= 4 is 26.8 Å². The van der Waals surface area contributed by atoms with E-state index in [1.807, 2.05) is 117 Å². The number of rotatable bonds is 31. The molecule has 0 spiro atoms. The molecule has 0 aliphatic carbocycles. The SMILES string of the molecule is C[B]B(OC)OC.OB1O[C@H](CN(Cc2ccccc2)Cc2ccccc2)c2cccc(OCCCOCc3ccccc3)c21.O[C@H](CN(Cc1ccccc1)Cc1ccccc1)c1cccc(OCCCOCc2ccccc2)c1.[CH2-]CCC.[Li+]. The van der Waals surface area contributed by atoms with E-state index in [1.165, 1.54) is 34.2 Å². The van der Waals surface area contributed by atoms with E-state index in [0.29, 0.717) is 58.5 Å². The Morgan fingerprint density at radius 1 is 0.558 bits per heavy atom. The zero-order valence-corrected chi connectivity index (χ0v) is 51.4. The molecule has 11 nitrogen and oxygen atoms in total. The fraction of sp³-hybridized carbons (Fsp3) is 0.310. The van der Waals surface area contributed by atoms with Crippen LogP contribution in [-0.2, 0) is 62.8 Å². The van der Waals surface area contributed by atoms with Gasteiger partial charge in [0.05, 0.1) is 51.8 Å². The third kappa shape index (κ3) is 26.8. The van der Waals surface area contributed by atoms with Crippen molar-refractivity contribution in [3.05, 3.63) is 276 Å². The van der Waals surface area contributed by atoms with Crippen molar-refractivity contribution in [3.63, 3.8) is 0 Å². The summed E-state index contributed by atoms with van der Waals surface area (Å²) in [5.41, 5.74) is 9.87. The Hall–Kier alpha value is -6.21. The van der Waals surface area contributed by atoms with Crippen LogP contribution in [0, 0.1) is 6.92 Å². The molecule has 15 heteroatoms. The van der Waals surface area contributed by atoms with Crippen LogP contribution >= 0.6 is 0 Å². The van der Waals surface area contributed by atoms with Crippen molar-refractivity contribution in [1.29, 1.82) is 0 Å². The second-order valence-corrected chi connectivity index (χ2v) is 20.6. The Balaban J connectivity index is 0.000000265. The number of hydrogen-bond acceptors (Lipinski definition) is 11. The van der Waals surface area contributed by atoms with Gasteiger partial charge in [0.1, 0.15) is 11.5 Å². The molecule has 1 aliphatic rings. The molecule has 2 atom stereocenters. The summed E-state index contributed by atoms with van der Waals surface area (Å²) in [7, 11) is 3.90. The second-order valence-electron chi connectivity index (χ2n) is 20.6. The first-order chi connectivity index (χ1) is 41.8. The van der Waals surface area contributed by atoms with Crippen molar-refractivity contribution in [2.24, 2.45) is 0 Å². The van der Waals surface area contributed by atoms with Crippen molar-refractivity contribution < 1.29 is 61.9 Å². The van der Waals surface area contributed by atoms with Crippen LogP contribution in [0.5, 0.6) is 11.5 Å². The third-order valence-electron chi connectivity index (χ3n) is 13.8. The summed E-state index contributed by atoms with van der Waals surface area (Å²) in [4.78, 5) is 4.65. The molecule has 0 bridgehead atoms. The van der Waals surface area contributed by atoms with E-state index >= 15 is 0 Å². The number of aliphatic hydroxyl groups is 1. The Morgan fingerprint density at radius 2 is 0.977 bits per heavy atom. The number of unbranched alkanes of at least 4 members (excludes halogenated alkanes) is 1. The van der Waals surface area contributed by atoms with Gasteiger partial charge in [-0.3, -0.25) is 9.80 Å². The Morgan fingerprint density at radius 3 is 1.40 bits per heavy atom. The van der Waals surface area contributed by atoms with Crippen molar-refractivity contribution in [2.45, 2.75) is 91.0 Å². The van der Waals surface area contributed by atoms with Gasteiger partial charge in [-0.15, -0.1) is 0 Å². The minimum absolute atomic E-state index is 0. The van der Waals surface area contributed by atoms with Crippen LogP contribution in [0.3, 0.4) is 0 Å². The molecule has 0 aromatic heterocycles. The van der Waals surface area contributed by atoms with Gasteiger partial charge < -0.3 is 50.0 Å². The van der Waals surface area contributed by atoms with E-state index in [9.17, 15) is 10.1 Å². The molecule has 0 amide bonds. The summed E-state index contributed by atoms with van der Waals surface area (Å²) >= 11 is 0. The van der Waals surface area contributed by atoms with Crippen LogP contribution in [0.25, 0.3) is 0 Å². The van der Waals surface area contributed by atoms with Gasteiger partial charge in [-0.25, -0.2) is 0 Å². The zero-order chi connectivity index (χ0) is 59.9. The van der Waals surface area contributed by atoms with Gasteiger partial charge >= 0.3 is 33.0 Å². The van der Waals surface area contributed by atoms with Gasteiger partial charge in [0.25, 0.3) is 0 Å². The van der Waals surface area contributed by atoms with E-state index in [2.05, 4.69) is 145 Å². The van der Waals surface area contributed by atoms with E-state index in [0.717, 1.165) is 73.3 Å². The first-order valence-corrected chi connectivity index (χ1v) is 29.8. The Bertz CT molecular complexity index is 2860. The molecule has 2 N–H and O–H groups in total. The number of ether oxygens (including phenoxy) is 4. The van der Waals surface area contributed by atoms with Gasteiger partial charge in [0, 0.05) is 71.8 Å². The topological polar surface area (TPSA) is 112 Å². The molecule has 0 fully saturated rings. The first kappa shape index (κ1) is 70.6. The smallest absolute Gasteiger partial charge is 0.494 e. The first-order valence-electron chi connectivity index (χ1n) is 29.8. The third-order valence-corrected chi connectivity index (χ3v) is 13.8. The van der Waals surface area contributed by atoms with Gasteiger partial charge in [0.2, 0.25) is 0 Å². The van der Waals surface area contributed by atoms with E-state index in [4.69, 9.17) is 32.9 Å². The maximum absolute atomic E-state index is 11.1. The maximum atomic E-state index is 11.1. The largest absolute Gasteiger partial charge is 1.00 e. The number of hydrogen-bond donors (Lipinski definition) is 2. The molecule has 0 saturated heterocycles. The monoisotopic (exact) mass is 1150 g/mol. The van der Waals surface area contributed by atoms with Crippen LogP contribution < -0.4 is 33.8 Å². The molecule has 9 rings (SSSR count). The van der Waals surface area contributed by atoms with Crippen molar-refractivity contribution in [2.75, 3.05) is 53.7 Å². The molecule has 8 aromatic carbocycles. The molecule has 86 heavy (non-hydrogen) atoms. The maximum Gasteiger partial charge on any atom is 1.00 e. The van der Waals surface area contributed by atoms with Crippen LogP contribution in [0.1, 0.15) is 89.3 Å². The van der Waals surface area contributed by atoms with E-state index < -0.39 is 13.2 Å². The fourth-order valence-corrected chi connectivity index (χ4v) is 9.39. The second kappa shape index (κ2) is 42.6. The van der Waals surface area contributed by atoms with Gasteiger partial charge in [0.15, 0.2) is 7.17 Å². The van der Waals surface area contributed by atoms with Crippen molar-refractivity contribution in [3.8, 4) is 11.5 Å². The summed E-state index contributed by atoms with van der Waals surface area (Å²) < 4.78 is 39.2. The Labute approximate surface area is 527 Å². The van der Waals surface area contributed by atoms with E-state index in [-0.39, 0.29) is 32.0 Å². The molecule has 0 unspecified atom stereocenters. The fourth-order valence-electron chi connectivity index (χ4n) is 9.39. The number of benzene rings is 8. The zero-order valence-electron chi connectivity index (χ0n) is 51.4. The number of nitrogens with zero attached hydrogens (tertiary/aromatic N) is 2. The normalized spacial score (nSPS) is 12.5. The van der Waals surface area contributed by atoms with Crippen LogP contribution in [0.15, 0.2) is 224 Å². The molecule has 1 radical (unpaired) electrons. The quantitative estimate of drug-likeness (QED) is 0.0246. The van der Waals surface area contributed by atoms with Crippen LogP contribution in [-0.4, -0.2) is 95.0 Å². The minimum Gasteiger partial charge on any atom is -0.494 e. The van der Waals surface area contributed by atoms with Crippen LogP contribution in [0.4, 0.5) is 0 Å². The van der Waals surface area contributed by atoms with E-state index in [1.54, 1.807) is 14.2 Å². The minimum atomic E-state index is -1.00. The molecule has 0 saturated carbocycles. The van der Waals surface area contributed by atoms with Crippen LogP contribution in [0.2, 0.25) is 6.82 Å². The molecular formula is C71H87B3LiN2O9. The molecule has 1 aliphatic heterocycles. The summed E-state index contributed by atoms with van der Waals surface area (Å²) in [6.45, 7) is 15.5. The van der Waals surface area contributed by atoms with Gasteiger partial charge in [-0.05, 0) is 62.7 Å². The summed E-state index contributed by atoms with van der Waals surface area (Å²) in [5, 5.41) is 22.0. The van der Waals surface area contributed by atoms with Gasteiger partial charge in [-0.2, -0.15) is 6.42 Å². The predicted molar refractivity (Wildman–Crippen MR) is 347 cm³/mol. The number of aliphatic hydroxyl groups excluding tert-OH is 1. The average Bonchev–Trinajstić information content (AvgIpc) is 2.90. The molecular weight excluding hydrogens is 1060 g/mol. The summed E-state index contributed by atoms with van der Waals surface area (Å²) in [6.07, 6.45) is 2.99. The standard InChI is InChI=1S/C32H34BNO4.C32H35NO3.C4H9.C3H9B2O2.Li/c35-33-32-29(18-10-19-30(32)37-21-11-20-36-25-28-16-8-3-9-17-28)31(38-33)24-34(22-26-12-4-1-5-13-26)23-27-14-6-2-7-15-27;34-32(25-33(23-27-12-4-1-5-13-27)24-28-14-6-2-7-15-28)30-18-10-19-31(22-30)36-21-11-20-35-26-29-16-8-3-9-17-29;1-3-4-2;1-4-5(6-2)7-3;/h1-10,12-19,31,35H,11,20-25H2;1-10,12-19,22,32,34H,11,20-21,23-26H2;1,3-4H2,2H3;1-3H3;/q;;-1;;+1/t31-;32-;;;/m11.../s1. The Kier molecular flexibility index (Phi) is 35.0. The average molecular weight is 1150 g/mol.